The van der Waals surface area contributed by atoms with Crippen LogP contribution in [0.15, 0.2) is 54.6 Å². The van der Waals surface area contributed by atoms with E-state index in [2.05, 4.69) is 11.5 Å². The van der Waals surface area contributed by atoms with E-state index in [-0.39, 0.29) is 11.8 Å². The summed E-state index contributed by atoms with van der Waals surface area (Å²) < 4.78 is 10.4. The average Bonchev–Trinajstić information content (AvgIpc) is 2.52. The molecule has 1 aliphatic heterocycles. The van der Waals surface area contributed by atoms with Crippen LogP contribution in [0.2, 0.25) is 0 Å². The zero-order chi connectivity index (χ0) is 15.7. The highest BCUT2D eigenvalue weighted by Crippen LogP contribution is 2.43. The third kappa shape index (κ3) is 2.37. The van der Waals surface area contributed by atoms with E-state index in [1.54, 1.807) is 26.4 Å². The highest BCUT2D eigenvalue weighted by atomic mass is 16.5. The van der Waals surface area contributed by atoms with Crippen LogP contribution in [-0.4, -0.2) is 25.9 Å². The molecule has 0 aromatic heterocycles. The number of benzene rings is 2. The first-order valence-electron chi connectivity index (χ1n) is 7.09. The molecule has 2 aromatic carbocycles. The third-order valence-electron chi connectivity index (χ3n) is 3.98. The van der Waals surface area contributed by atoms with Crippen LogP contribution in [0.4, 0.5) is 5.69 Å². The van der Waals surface area contributed by atoms with Gasteiger partial charge < -0.3 is 19.5 Å². The molecule has 0 aliphatic carbocycles. The van der Waals surface area contributed by atoms with Crippen LogP contribution in [-0.2, 0) is 0 Å². The lowest BCUT2D eigenvalue weighted by molar-refractivity contribution is 0.372. The first-order chi connectivity index (χ1) is 10.6. The van der Waals surface area contributed by atoms with Crippen molar-refractivity contribution in [3.63, 3.8) is 0 Å². The van der Waals surface area contributed by atoms with E-state index in [0.29, 0.717) is 5.75 Å². The number of rotatable bonds is 4. The maximum Gasteiger partial charge on any atom is 0.160 e. The van der Waals surface area contributed by atoms with Gasteiger partial charge in [-0.25, -0.2) is 0 Å². The van der Waals surface area contributed by atoms with Crippen LogP contribution in [0.3, 0.4) is 0 Å². The van der Waals surface area contributed by atoms with Gasteiger partial charge in [0, 0.05) is 18.3 Å². The number of phenols is 1. The minimum absolute atomic E-state index is 0.0592. The zero-order valence-corrected chi connectivity index (χ0v) is 12.7. The molecule has 3 rings (SSSR count). The van der Waals surface area contributed by atoms with Gasteiger partial charge in [-0.05, 0) is 35.4 Å². The highest BCUT2D eigenvalue weighted by molar-refractivity contribution is 5.61. The van der Waals surface area contributed by atoms with Gasteiger partial charge in [0.2, 0.25) is 0 Å². The van der Waals surface area contributed by atoms with Gasteiger partial charge in [-0.1, -0.05) is 18.7 Å². The lowest BCUT2D eigenvalue weighted by Crippen LogP contribution is -2.43. The number of methoxy groups -OCH3 is 2. The van der Waals surface area contributed by atoms with E-state index >= 15 is 0 Å². The Morgan fingerprint density at radius 3 is 2.59 bits per heavy atom. The Balaban J connectivity index is 1.92. The molecule has 114 valence electrons. The molecular formula is C18H19NO3. The Morgan fingerprint density at radius 2 is 1.95 bits per heavy atom. The smallest absolute Gasteiger partial charge is 0.160 e. The van der Waals surface area contributed by atoms with Crippen molar-refractivity contribution >= 4 is 5.69 Å². The third-order valence-corrected chi connectivity index (χ3v) is 3.98. The van der Waals surface area contributed by atoms with Gasteiger partial charge in [0.1, 0.15) is 5.75 Å². The van der Waals surface area contributed by atoms with Crippen molar-refractivity contribution in [3.8, 4) is 17.2 Å². The molecule has 0 unspecified atom stereocenters. The first kappa shape index (κ1) is 14.3. The number of nitrogens with zero attached hydrogens (tertiary/aromatic N) is 1. The Hall–Kier alpha value is -2.62. The monoisotopic (exact) mass is 297 g/mol. The number of hydrogen-bond donors (Lipinski definition) is 1. The lowest BCUT2D eigenvalue weighted by atomic mass is 9.89. The predicted octanol–water partition coefficient (Wildman–Crippen LogP) is 3.53. The minimum Gasteiger partial charge on any atom is -0.504 e. The molecule has 1 aliphatic rings. The number of ether oxygens (including phenoxy) is 2. The number of anilines is 1. The Morgan fingerprint density at radius 1 is 1.14 bits per heavy atom. The van der Waals surface area contributed by atoms with Crippen molar-refractivity contribution in [2.24, 2.45) is 0 Å². The molecule has 1 heterocycles. The van der Waals surface area contributed by atoms with Gasteiger partial charge in [-0.2, -0.15) is 0 Å². The van der Waals surface area contributed by atoms with Gasteiger partial charge in [-0.15, -0.1) is 0 Å². The molecule has 1 N–H and O–H groups in total. The maximum atomic E-state index is 9.99. The van der Waals surface area contributed by atoms with Gasteiger partial charge in [0.25, 0.3) is 0 Å². The molecule has 0 radical (unpaired) electrons. The topological polar surface area (TPSA) is 41.9 Å². The van der Waals surface area contributed by atoms with Crippen molar-refractivity contribution in [2.45, 2.75) is 6.04 Å². The van der Waals surface area contributed by atoms with Gasteiger partial charge in [0.15, 0.2) is 11.5 Å². The van der Waals surface area contributed by atoms with E-state index in [1.165, 1.54) is 0 Å². The second-order valence-electron chi connectivity index (χ2n) is 5.32. The van der Waals surface area contributed by atoms with Gasteiger partial charge in [-0.3, -0.25) is 0 Å². The number of phenolic OH excluding ortho intramolecular Hbond substituents is 1. The fraction of sp³-hybridized carbons (Fsp3) is 0.222. The second kappa shape index (κ2) is 5.64. The quantitative estimate of drug-likeness (QED) is 0.877. The molecule has 2 aromatic rings. The summed E-state index contributed by atoms with van der Waals surface area (Å²) in [6.45, 7) is 4.92. The van der Waals surface area contributed by atoms with Crippen molar-refractivity contribution in [3.05, 3.63) is 60.2 Å². The van der Waals surface area contributed by atoms with Crippen LogP contribution in [0.1, 0.15) is 11.6 Å². The van der Waals surface area contributed by atoms with Gasteiger partial charge >= 0.3 is 0 Å². The molecule has 1 saturated heterocycles. The summed E-state index contributed by atoms with van der Waals surface area (Å²) in [4.78, 5) is 2.23. The molecule has 22 heavy (non-hydrogen) atoms. The Kier molecular flexibility index (Phi) is 3.67. The van der Waals surface area contributed by atoms with Gasteiger partial charge in [0.05, 0.1) is 20.3 Å². The summed E-state index contributed by atoms with van der Waals surface area (Å²) in [5.41, 5.74) is 3.19. The van der Waals surface area contributed by atoms with Crippen LogP contribution in [0.5, 0.6) is 17.2 Å². The number of hydrogen-bond acceptors (Lipinski definition) is 4. The van der Waals surface area contributed by atoms with E-state index in [0.717, 1.165) is 29.1 Å². The zero-order valence-electron chi connectivity index (χ0n) is 12.7. The van der Waals surface area contributed by atoms with E-state index in [1.807, 2.05) is 30.3 Å². The summed E-state index contributed by atoms with van der Waals surface area (Å²) in [7, 11) is 3.20. The molecule has 4 heteroatoms. The van der Waals surface area contributed by atoms with Crippen molar-refractivity contribution in [2.75, 3.05) is 25.7 Å². The Bertz CT molecular complexity index is 711. The first-order valence-corrected chi connectivity index (χ1v) is 7.09. The fourth-order valence-electron chi connectivity index (χ4n) is 2.83. The van der Waals surface area contributed by atoms with Crippen molar-refractivity contribution in [1.82, 2.24) is 0 Å². The summed E-state index contributed by atoms with van der Waals surface area (Å²) in [6.07, 6.45) is 0. The SMILES string of the molecule is C=C1CN(c2cccc(OC)c2)[C@H]1c1ccc(OC)c(O)c1. The summed E-state index contributed by atoms with van der Waals surface area (Å²) >= 11 is 0. The molecule has 0 spiro atoms. The summed E-state index contributed by atoms with van der Waals surface area (Å²) in [5.74, 6) is 1.44. The standard InChI is InChI=1S/C18H19NO3/c1-12-11-19(14-5-4-6-15(10-14)21-2)18(12)13-7-8-17(22-3)16(20)9-13/h4-10,18,20H,1,11H2,2-3H3/t18-/m1/s1. The largest absolute Gasteiger partial charge is 0.504 e. The van der Waals surface area contributed by atoms with E-state index in [4.69, 9.17) is 9.47 Å². The van der Waals surface area contributed by atoms with Crippen LogP contribution in [0, 0.1) is 0 Å². The van der Waals surface area contributed by atoms with E-state index in [9.17, 15) is 5.11 Å². The molecule has 0 bridgehead atoms. The summed E-state index contributed by atoms with van der Waals surface area (Å²) in [5, 5.41) is 9.99. The molecule has 0 amide bonds. The van der Waals surface area contributed by atoms with Crippen LogP contribution >= 0.6 is 0 Å². The van der Waals surface area contributed by atoms with E-state index < -0.39 is 0 Å². The van der Waals surface area contributed by atoms with Crippen LogP contribution < -0.4 is 14.4 Å². The minimum atomic E-state index is 0.0592. The van der Waals surface area contributed by atoms with Crippen LogP contribution in [0.25, 0.3) is 0 Å². The molecular weight excluding hydrogens is 278 g/mol. The predicted molar refractivity (Wildman–Crippen MR) is 86.9 cm³/mol. The Labute approximate surface area is 130 Å². The highest BCUT2D eigenvalue weighted by Gasteiger charge is 2.34. The van der Waals surface area contributed by atoms with Crippen molar-refractivity contribution < 1.29 is 14.6 Å². The molecule has 1 fully saturated rings. The fourth-order valence-corrected chi connectivity index (χ4v) is 2.83. The molecule has 1 atom stereocenters. The molecule has 4 nitrogen and oxygen atoms in total. The maximum absolute atomic E-state index is 9.99. The average molecular weight is 297 g/mol. The summed E-state index contributed by atoms with van der Waals surface area (Å²) in [6, 6.07) is 13.5. The normalized spacial score (nSPS) is 17.1. The number of aromatic hydroxyl groups is 1. The molecule has 0 saturated carbocycles. The lowest BCUT2D eigenvalue weighted by Gasteiger charge is -2.45. The van der Waals surface area contributed by atoms with Crippen molar-refractivity contribution in [1.29, 1.82) is 0 Å². The second-order valence-corrected chi connectivity index (χ2v) is 5.32.